The summed E-state index contributed by atoms with van der Waals surface area (Å²) in [6.45, 7) is 2.45. The van der Waals surface area contributed by atoms with Crippen LogP contribution in [0, 0.1) is 5.82 Å². The second kappa shape index (κ2) is 9.02. The van der Waals surface area contributed by atoms with Crippen molar-refractivity contribution in [2.75, 3.05) is 18.8 Å². The van der Waals surface area contributed by atoms with Gasteiger partial charge in [0.25, 0.3) is 0 Å². The molecule has 1 aromatic carbocycles. The van der Waals surface area contributed by atoms with Crippen LogP contribution in [0.2, 0.25) is 0 Å². The van der Waals surface area contributed by atoms with Crippen LogP contribution in [0.4, 0.5) is 9.18 Å². The van der Waals surface area contributed by atoms with Crippen LogP contribution >= 0.6 is 11.3 Å². The van der Waals surface area contributed by atoms with Crippen molar-refractivity contribution in [1.82, 2.24) is 14.9 Å². The Labute approximate surface area is 168 Å². The quantitative estimate of drug-likeness (QED) is 0.747. The average Bonchev–Trinajstić information content (AvgIpc) is 3.22. The highest BCUT2D eigenvalue weighted by atomic mass is 32.2. The van der Waals surface area contributed by atoms with E-state index in [0.717, 1.165) is 10.4 Å². The zero-order valence-corrected chi connectivity index (χ0v) is 17.2. The van der Waals surface area contributed by atoms with E-state index in [2.05, 4.69) is 10.6 Å². The van der Waals surface area contributed by atoms with Gasteiger partial charge in [0.05, 0.1) is 11.8 Å². The van der Waals surface area contributed by atoms with Crippen molar-refractivity contribution < 1.29 is 17.6 Å². The van der Waals surface area contributed by atoms with Crippen molar-refractivity contribution in [3.63, 3.8) is 0 Å². The van der Waals surface area contributed by atoms with E-state index in [1.165, 1.54) is 27.8 Å². The van der Waals surface area contributed by atoms with Crippen molar-refractivity contribution >= 4 is 27.4 Å². The minimum atomic E-state index is -3.19. The predicted octanol–water partition coefficient (Wildman–Crippen LogP) is 3.09. The molecule has 1 fully saturated rings. The lowest BCUT2D eigenvalue weighted by Gasteiger charge is -2.31. The SMILES string of the molecule is CCS(=O)(=O)N1CCC(NC(=O)N[C@H](c2ccc(F)cc2)c2cccs2)CC1. The third-order valence-corrected chi connectivity index (χ3v) is 7.67. The number of nitrogens with one attached hydrogen (secondary N) is 2. The van der Waals surface area contributed by atoms with Gasteiger partial charge < -0.3 is 10.6 Å². The fraction of sp³-hybridized carbons (Fsp3) is 0.421. The number of halogens is 1. The first-order chi connectivity index (χ1) is 13.4. The Morgan fingerprint density at radius 2 is 1.93 bits per heavy atom. The maximum absolute atomic E-state index is 13.3. The van der Waals surface area contributed by atoms with Gasteiger partial charge in [-0.2, -0.15) is 0 Å². The Kier molecular flexibility index (Phi) is 6.69. The summed E-state index contributed by atoms with van der Waals surface area (Å²) in [7, 11) is -3.19. The molecular weight excluding hydrogens is 401 g/mol. The molecule has 0 unspecified atom stereocenters. The number of sulfonamides is 1. The van der Waals surface area contributed by atoms with Gasteiger partial charge in [0.15, 0.2) is 0 Å². The fourth-order valence-electron chi connectivity index (χ4n) is 3.25. The number of piperidine rings is 1. The van der Waals surface area contributed by atoms with Crippen LogP contribution in [0.1, 0.15) is 36.2 Å². The molecule has 1 aliphatic rings. The summed E-state index contributed by atoms with van der Waals surface area (Å²) in [6.07, 6.45) is 1.15. The predicted molar refractivity (Wildman–Crippen MR) is 108 cm³/mol. The van der Waals surface area contributed by atoms with E-state index in [1.54, 1.807) is 19.1 Å². The number of carbonyl (C=O) groups excluding carboxylic acids is 1. The first-order valence-corrected chi connectivity index (χ1v) is 11.7. The lowest BCUT2D eigenvalue weighted by Crippen LogP contribution is -2.49. The number of rotatable bonds is 6. The lowest BCUT2D eigenvalue weighted by molar-refractivity contribution is 0.225. The molecule has 6 nitrogen and oxygen atoms in total. The minimum Gasteiger partial charge on any atom is -0.335 e. The lowest BCUT2D eigenvalue weighted by atomic mass is 10.1. The van der Waals surface area contributed by atoms with E-state index in [9.17, 15) is 17.6 Å². The number of thiophene rings is 1. The van der Waals surface area contributed by atoms with Gasteiger partial charge in [-0.15, -0.1) is 11.3 Å². The summed E-state index contributed by atoms with van der Waals surface area (Å²) in [6, 6.07) is 9.12. The fourth-order valence-corrected chi connectivity index (χ4v) is 5.18. The van der Waals surface area contributed by atoms with Gasteiger partial charge >= 0.3 is 6.03 Å². The Morgan fingerprint density at radius 3 is 2.50 bits per heavy atom. The van der Waals surface area contributed by atoms with Crippen molar-refractivity contribution in [2.45, 2.75) is 31.8 Å². The molecule has 0 saturated carbocycles. The number of nitrogens with zero attached hydrogens (tertiary/aromatic N) is 1. The van der Waals surface area contributed by atoms with E-state index >= 15 is 0 Å². The highest BCUT2D eigenvalue weighted by Crippen LogP contribution is 2.26. The Hall–Kier alpha value is -1.97. The standard InChI is InChI=1S/C19H24FN3O3S2/c1-2-28(25,26)23-11-9-16(10-12-23)21-19(24)22-18(17-4-3-13-27-17)14-5-7-15(20)8-6-14/h3-8,13,16,18H,2,9-12H2,1H3,(H2,21,22,24)/t18-/m1/s1. The normalized spacial score (nSPS) is 17.2. The summed E-state index contributed by atoms with van der Waals surface area (Å²) in [5, 5.41) is 7.83. The number of amides is 2. The molecule has 2 N–H and O–H groups in total. The molecule has 0 radical (unpaired) electrons. The van der Waals surface area contributed by atoms with Crippen molar-refractivity contribution in [1.29, 1.82) is 0 Å². The maximum atomic E-state index is 13.3. The van der Waals surface area contributed by atoms with Crippen LogP contribution < -0.4 is 10.6 Å². The molecule has 152 valence electrons. The molecule has 9 heteroatoms. The number of carbonyl (C=O) groups is 1. The number of urea groups is 1. The Balaban J connectivity index is 1.61. The van der Waals surface area contributed by atoms with E-state index < -0.39 is 10.0 Å². The minimum absolute atomic E-state index is 0.0829. The smallest absolute Gasteiger partial charge is 0.315 e. The zero-order valence-electron chi connectivity index (χ0n) is 15.6. The van der Waals surface area contributed by atoms with Crippen LogP contribution in [0.15, 0.2) is 41.8 Å². The van der Waals surface area contributed by atoms with Crippen molar-refractivity contribution in [3.05, 3.63) is 58.0 Å². The van der Waals surface area contributed by atoms with E-state index in [1.807, 2.05) is 17.5 Å². The van der Waals surface area contributed by atoms with Gasteiger partial charge in [-0.1, -0.05) is 18.2 Å². The molecule has 3 rings (SSSR count). The van der Waals surface area contributed by atoms with Crippen LogP contribution in [0.3, 0.4) is 0 Å². The van der Waals surface area contributed by atoms with Gasteiger partial charge in [-0.05, 0) is 48.9 Å². The first kappa shape index (κ1) is 20.8. The molecule has 28 heavy (non-hydrogen) atoms. The molecule has 1 aliphatic heterocycles. The van der Waals surface area contributed by atoms with Crippen LogP contribution in [-0.4, -0.2) is 43.6 Å². The molecule has 1 saturated heterocycles. The maximum Gasteiger partial charge on any atom is 0.315 e. The van der Waals surface area contributed by atoms with E-state index in [4.69, 9.17) is 0 Å². The van der Waals surface area contributed by atoms with Crippen molar-refractivity contribution in [2.24, 2.45) is 0 Å². The monoisotopic (exact) mass is 425 g/mol. The van der Waals surface area contributed by atoms with Gasteiger partial charge in [0.2, 0.25) is 10.0 Å². The molecule has 0 bridgehead atoms. The second-order valence-corrected chi connectivity index (χ2v) is 9.93. The topological polar surface area (TPSA) is 78.5 Å². The zero-order chi connectivity index (χ0) is 20.1. The Morgan fingerprint density at radius 1 is 1.25 bits per heavy atom. The Bertz CT molecular complexity index is 878. The number of hydrogen-bond acceptors (Lipinski definition) is 4. The average molecular weight is 426 g/mol. The molecule has 2 amide bonds. The van der Waals surface area contributed by atoms with Crippen LogP contribution in [-0.2, 0) is 10.0 Å². The largest absolute Gasteiger partial charge is 0.335 e. The summed E-state index contributed by atoms with van der Waals surface area (Å²) in [5.74, 6) is -0.238. The van der Waals surface area contributed by atoms with Gasteiger partial charge in [0.1, 0.15) is 5.82 Å². The van der Waals surface area contributed by atoms with Gasteiger partial charge in [-0.25, -0.2) is 21.9 Å². The molecule has 0 spiro atoms. The molecule has 2 heterocycles. The number of benzene rings is 1. The van der Waals surface area contributed by atoms with Gasteiger partial charge in [0, 0.05) is 24.0 Å². The van der Waals surface area contributed by atoms with Crippen molar-refractivity contribution in [3.8, 4) is 0 Å². The van der Waals surface area contributed by atoms with Gasteiger partial charge in [-0.3, -0.25) is 0 Å². The highest BCUT2D eigenvalue weighted by Gasteiger charge is 2.28. The highest BCUT2D eigenvalue weighted by molar-refractivity contribution is 7.89. The number of hydrogen-bond donors (Lipinski definition) is 2. The van der Waals surface area contributed by atoms with E-state index in [0.29, 0.717) is 25.9 Å². The second-order valence-electron chi connectivity index (χ2n) is 6.69. The van der Waals surface area contributed by atoms with Crippen LogP contribution in [0.25, 0.3) is 0 Å². The summed E-state index contributed by atoms with van der Waals surface area (Å²) in [4.78, 5) is 13.5. The summed E-state index contributed by atoms with van der Waals surface area (Å²) >= 11 is 1.51. The third kappa shape index (κ3) is 5.09. The molecule has 1 atom stereocenters. The first-order valence-electron chi connectivity index (χ1n) is 9.22. The van der Waals surface area contributed by atoms with E-state index in [-0.39, 0.29) is 29.7 Å². The van der Waals surface area contributed by atoms with Crippen LogP contribution in [0.5, 0.6) is 0 Å². The summed E-state index contributed by atoms with van der Waals surface area (Å²) < 4.78 is 38.6. The molecular formula is C19H24FN3O3S2. The third-order valence-electron chi connectivity index (χ3n) is 4.85. The molecule has 1 aromatic heterocycles. The molecule has 2 aromatic rings. The summed E-state index contributed by atoms with van der Waals surface area (Å²) in [5.41, 5.74) is 0.794. The molecule has 0 aliphatic carbocycles.